The van der Waals surface area contributed by atoms with Crippen molar-refractivity contribution >= 4 is 28.5 Å². The second-order valence-corrected chi connectivity index (χ2v) is 10.4. The van der Waals surface area contributed by atoms with Crippen molar-refractivity contribution in [2.75, 3.05) is 5.32 Å². The number of carbonyl (C=O) groups is 2. The van der Waals surface area contributed by atoms with Crippen molar-refractivity contribution in [3.8, 4) is 11.1 Å². The second kappa shape index (κ2) is 12.5. The highest BCUT2D eigenvalue weighted by Gasteiger charge is 2.38. The lowest BCUT2D eigenvalue weighted by Gasteiger charge is -2.22. The van der Waals surface area contributed by atoms with E-state index in [1.807, 2.05) is 5.32 Å². The van der Waals surface area contributed by atoms with Crippen LogP contribution >= 0.6 is 0 Å². The van der Waals surface area contributed by atoms with Gasteiger partial charge in [0.2, 0.25) is 0 Å². The molecule has 0 radical (unpaired) electrons. The molecule has 2 unspecified atom stereocenters. The van der Waals surface area contributed by atoms with Gasteiger partial charge in [0.15, 0.2) is 0 Å². The Labute approximate surface area is 252 Å². The summed E-state index contributed by atoms with van der Waals surface area (Å²) in [4.78, 5) is 54.8. The van der Waals surface area contributed by atoms with Gasteiger partial charge in [0.1, 0.15) is 29.3 Å². The Morgan fingerprint density at radius 3 is 2.27 bits per heavy atom. The number of benzene rings is 2. The van der Waals surface area contributed by atoms with Crippen LogP contribution in [0.4, 0.5) is 27.6 Å². The number of rotatable bonds is 9. The number of nitrogens with one attached hydrogen (secondary N) is 2. The smallest absolute Gasteiger partial charge is 0.408 e. The molecule has 0 saturated heterocycles. The summed E-state index contributed by atoms with van der Waals surface area (Å²) in [6.07, 6.45) is -4.10. The summed E-state index contributed by atoms with van der Waals surface area (Å²) >= 11 is 0. The van der Waals surface area contributed by atoms with E-state index in [1.54, 1.807) is 25.1 Å². The van der Waals surface area contributed by atoms with Gasteiger partial charge in [-0.05, 0) is 42.7 Å². The molecule has 1 amide bonds. The molecule has 238 valence electrons. The number of hydrogen-bond acceptors (Lipinski definition) is 6. The number of hydrogen-bond donors (Lipinski definition) is 3. The first-order valence-electron chi connectivity index (χ1n) is 13.6. The summed E-state index contributed by atoms with van der Waals surface area (Å²) in [5.74, 6) is -5.98. The average Bonchev–Trinajstić information content (AvgIpc) is 2.97. The van der Waals surface area contributed by atoms with Crippen molar-refractivity contribution in [2.45, 2.75) is 44.9 Å². The van der Waals surface area contributed by atoms with Gasteiger partial charge in [-0.1, -0.05) is 25.1 Å². The van der Waals surface area contributed by atoms with Crippen molar-refractivity contribution in [3.63, 3.8) is 0 Å². The first kappa shape index (κ1) is 32.8. The maximum atomic E-state index is 14.8. The van der Waals surface area contributed by atoms with Crippen molar-refractivity contribution in [1.82, 2.24) is 19.4 Å². The van der Waals surface area contributed by atoms with Crippen LogP contribution in [0.25, 0.3) is 22.0 Å². The summed E-state index contributed by atoms with van der Waals surface area (Å²) in [6, 6.07) is 3.49. The predicted molar refractivity (Wildman–Crippen MR) is 155 cm³/mol. The van der Waals surface area contributed by atoms with Gasteiger partial charge in [0, 0.05) is 43.5 Å². The van der Waals surface area contributed by atoms with E-state index >= 15 is 0 Å². The van der Waals surface area contributed by atoms with Gasteiger partial charge >= 0.3 is 17.8 Å². The molecule has 10 nitrogen and oxygen atoms in total. The van der Waals surface area contributed by atoms with E-state index in [9.17, 15) is 46.2 Å². The highest BCUT2D eigenvalue weighted by molar-refractivity contribution is 5.99. The molecule has 0 bridgehead atoms. The van der Waals surface area contributed by atoms with Crippen LogP contribution in [0.3, 0.4) is 0 Å². The van der Waals surface area contributed by atoms with Crippen molar-refractivity contribution in [3.05, 3.63) is 91.9 Å². The largest absolute Gasteiger partial charge is 0.480 e. The molecule has 0 fully saturated rings. The number of halogens is 5. The van der Waals surface area contributed by atoms with E-state index in [-0.39, 0.29) is 11.1 Å². The molecule has 0 aliphatic heterocycles. The Hall–Kier alpha value is -5.08. The van der Waals surface area contributed by atoms with Crippen LogP contribution in [-0.4, -0.2) is 49.4 Å². The van der Waals surface area contributed by atoms with Crippen molar-refractivity contribution in [2.24, 2.45) is 14.1 Å². The highest BCUT2D eigenvalue weighted by Crippen LogP contribution is 2.31. The monoisotopic (exact) mass is 633 g/mol. The van der Waals surface area contributed by atoms with Crippen LogP contribution in [0.15, 0.2) is 52.2 Å². The maximum absolute atomic E-state index is 14.8. The molecule has 2 aromatic heterocycles. The minimum absolute atomic E-state index is 0.219. The topological polar surface area (TPSA) is 135 Å². The third-order valence-corrected chi connectivity index (χ3v) is 7.52. The molecule has 4 rings (SSSR count). The number of alkyl halides is 3. The number of aromatic nitrogens is 3. The Morgan fingerprint density at radius 1 is 1.04 bits per heavy atom. The number of amides is 1. The molecule has 4 aromatic rings. The molecular weight excluding hydrogens is 605 g/mol. The molecule has 2 atom stereocenters. The third kappa shape index (κ3) is 6.42. The van der Waals surface area contributed by atoms with E-state index in [0.29, 0.717) is 34.3 Å². The van der Waals surface area contributed by atoms with E-state index in [2.05, 4.69) is 10.3 Å². The lowest BCUT2D eigenvalue weighted by atomic mass is 9.95. The van der Waals surface area contributed by atoms with Crippen molar-refractivity contribution < 1.29 is 36.6 Å². The molecule has 0 saturated carbocycles. The second-order valence-electron chi connectivity index (χ2n) is 10.4. The Kier molecular flexibility index (Phi) is 9.12. The summed E-state index contributed by atoms with van der Waals surface area (Å²) in [5.41, 5.74) is -1.22. The van der Waals surface area contributed by atoms with Crippen LogP contribution in [0.1, 0.15) is 35.0 Å². The predicted octanol–water partition coefficient (Wildman–Crippen LogP) is 4.06. The van der Waals surface area contributed by atoms with Gasteiger partial charge in [-0.15, -0.1) is 0 Å². The number of pyridine rings is 1. The number of carbonyl (C=O) groups excluding carboxylic acids is 1. The standard InChI is InChI=1S/C30H28F5N5O5/c1-5-22(30(33,34)35)37-16-12-19(31)24(20(32)13-16)26(41)38-21(28(43)44)11-15-8-9-17(18-7-6-10-36-25(15)18)23-14(2)39(3)29(45)40(4)27(23)42/h6-10,12-13,21-22,37H,5,11H2,1-4H3,(H,38,41)(H,43,44). The normalized spacial score (nSPS) is 13.0. The van der Waals surface area contributed by atoms with Crippen LogP contribution < -0.4 is 21.9 Å². The maximum Gasteiger partial charge on any atom is 0.408 e. The molecular formula is C30H28F5N5O5. The number of nitrogens with zero attached hydrogens (tertiary/aromatic N) is 3. The molecule has 0 aliphatic rings. The van der Waals surface area contributed by atoms with Crippen LogP contribution in [-0.2, 0) is 25.3 Å². The third-order valence-electron chi connectivity index (χ3n) is 7.52. The summed E-state index contributed by atoms with van der Waals surface area (Å²) < 4.78 is 71.2. The van der Waals surface area contributed by atoms with Crippen LogP contribution in [0.5, 0.6) is 0 Å². The number of aliphatic carboxylic acids is 1. The number of anilines is 1. The molecule has 0 spiro atoms. The van der Waals surface area contributed by atoms with E-state index in [0.717, 1.165) is 4.57 Å². The van der Waals surface area contributed by atoms with E-state index < -0.39 is 77.1 Å². The number of carboxylic acid groups (broad SMARTS) is 1. The number of fused-ring (bicyclic) bond motifs is 1. The van der Waals surface area contributed by atoms with Gasteiger partial charge in [0.05, 0.1) is 11.1 Å². The van der Waals surface area contributed by atoms with Crippen LogP contribution in [0, 0.1) is 18.6 Å². The summed E-state index contributed by atoms with van der Waals surface area (Å²) in [6.45, 7) is 2.83. The zero-order valence-corrected chi connectivity index (χ0v) is 24.4. The fourth-order valence-corrected chi connectivity index (χ4v) is 5.01. The SMILES string of the molecule is CCC(Nc1cc(F)c(C(=O)NC(Cc2ccc(-c3c(C)n(C)c(=O)n(C)c3=O)c3cccnc23)C(=O)O)c(F)c1)C(F)(F)F. The summed E-state index contributed by atoms with van der Waals surface area (Å²) in [5, 5.41) is 14.4. The Bertz CT molecular complexity index is 1910. The van der Waals surface area contributed by atoms with E-state index in [4.69, 9.17) is 0 Å². The fraction of sp³-hybridized carbons (Fsp3) is 0.300. The van der Waals surface area contributed by atoms with Gasteiger partial charge in [-0.2, -0.15) is 13.2 Å². The van der Waals surface area contributed by atoms with Gasteiger partial charge < -0.3 is 20.3 Å². The molecule has 15 heteroatoms. The van der Waals surface area contributed by atoms with Gasteiger partial charge in [-0.25, -0.2) is 18.4 Å². The molecule has 45 heavy (non-hydrogen) atoms. The Morgan fingerprint density at radius 2 is 1.69 bits per heavy atom. The number of carboxylic acids is 1. The first-order valence-corrected chi connectivity index (χ1v) is 13.6. The quantitative estimate of drug-likeness (QED) is 0.237. The minimum Gasteiger partial charge on any atom is -0.480 e. The summed E-state index contributed by atoms with van der Waals surface area (Å²) in [7, 11) is 2.85. The minimum atomic E-state index is -4.70. The zero-order valence-electron chi connectivity index (χ0n) is 24.4. The highest BCUT2D eigenvalue weighted by atomic mass is 19.4. The van der Waals surface area contributed by atoms with Crippen LogP contribution in [0.2, 0.25) is 0 Å². The Balaban J connectivity index is 1.68. The van der Waals surface area contributed by atoms with Crippen molar-refractivity contribution in [1.29, 1.82) is 0 Å². The zero-order chi connectivity index (χ0) is 33.4. The molecule has 3 N–H and O–H groups in total. The lowest BCUT2D eigenvalue weighted by Crippen LogP contribution is -2.43. The molecule has 0 aliphatic carbocycles. The van der Waals surface area contributed by atoms with E-state index in [1.165, 1.54) is 37.8 Å². The molecule has 2 aromatic carbocycles. The fourth-order valence-electron chi connectivity index (χ4n) is 5.01. The molecule has 2 heterocycles. The van der Waals surface area contributed by atoms with Gasteiger partial charge in [-0.3, -0.25) is 19.1 Å². The average molecular weight is 634 g/mol. The lowest BCUT2D eigenvalue weighted by molar-refractivity contribution is -0.143. The first-order chi connectivity index (χ1) is 21.1. The van der Waals surface area contributed by atoms with Gasteiger partial charge in [0.25, 0.3) is 11.5 Å².